The second-order valence-electron chi connectivity index (χ2n) is 3.80. The fourth-order valence-electron chi connectivity index (χ4n) is 1.42. The number of nitrogens with one attached hydrogen (secondary N) is 1. The molecule has 0 saturated carbocycles. The summed E-state index contributed by atoms with van der Waals surface area (Å²) in [5.41, 5.74) is 7.63. The van der Waals surface area contributed by atoms with Gasteiger partial charge in [0.15, 0.2) is 0 Å². The molecular weight excluding hydrogens is 270 g/mol. The van der Waals surface area contributed by atoms with E-state index in [1.807, 2.05) is 32.0 Å². The lowest BCUT2D eigenvalue weighted by atomic mass is 10.2. The van der Waals surface area contributed by atoms with Gasteiger partial charge in [-0.15, -0.1) is 0 Å². The number of hydrogen-bond acceptors (Lipinski definition) is 3. The number of nitrogens with two attached hydrogens (primary N) is 1. The van der Waals surface area contributed by atoms with Crippen molar-refractivity contribution in [3.05, 3.63) is 28.2 Å². The Balaban J connectivity index is 2.63. The molecule has 0 heterocycles. The number of nitrogens with zero attached hydrogens (tertiary/aromatic N) is 1. The van der Waals surface area contributed by atoms with Crippen molar-refractivity contribution in [1.82, 2.24) is 0 Å². The summed E-state index contributed by atoms with van der Waals surface area (Å²) in [5.74, 6) is 0.230. The van der Waals surface area contributed by atoms with Gasteiger partial charge in [0.2, 0.25) is 0 Å². The predicted molar refractivity (Wildman–Crippen MR) is 70.0 cm³/mol. The number of benzene rings is 1. The summed E-state index contributed by atoms with van der Waals surface area (Å²) in [4.78, 5) is 0. The molecule has 1 unspecified atom stereocenters. The number of amidine groups is 1. The zero-order valence-corrected chi connectivity index (χ0v) is 11.0. The van der Waals surface area contributed by atoms with E-state index in [-0.39, 0.29) is 11.9 Å². The molecule has 5 heteroatoms. The highest BCUT2D eigenvalue weighted by Gasteiger charge is 2.05. The molecule has 0 bridgehead atoms. The Morgan fingerprint density at radius 3 is 2.88 bits per heavy atom. The van der Waals surface area contributed by atoms with E-state index in [9.17, 15) is 0 Å². The van der Waals surface area contributed by atoms with Crippen molar-refractivity contribution in [1.29, 1.82) is 0 Å². The first-order valence-electron chi connectivity index (χ1n) is 5.02. The third-order valence-electron chi connectivity index (χ3n) is 2.21. The molecule has 0 aromatic heterocycles. The van der Waals surface area contributed by atoms with Gasteiger partial charge in [-0.2, -0.15) is 0 Å². The van der Waals surface area contributed by atoms with Crippen LogP contribution in [0.3, 0.4) is 0 Å². The normalized spacial score (nSPS) is 13.6. The predicted octanol–water partition coefficient (Wildman–Crippen LogP) is 2.69. The zero-order valence-electron chi connectivity index (χ0n) is 9.37. The fourth-order valence-corrected chi connectivity index (χ4v) is 1.67. The molecular formula is C11H16BrN3O. The molecule has 0 aliphatic heterocycles. The Labute approximate surface area is 104 Å². The lowest BCUT2D eigenvalue weighted by Gasteiger charge is -2.15. The third-order valence-corrected chi connectivity index (χ3v) is 3.10. The Kier molecular flexibility index (Phi) is 4.61. The first-order chi connectivity index (χ1) is 7.52. The van der Waals surface area contributed by atoms with Crippen LogP contribution in [-0.4, -0.2) is 17.1 Å². The summed E-state index contributed by atoms with van der Waals surface area (Å²) in [5, 5.41) is 14.7. The Morgan fingerprint density at radius 2 is 2.31 bits per heavy atom. The van der Waals surface area contributed by atoms with Gasteiger partial charge in [0, 0.05) is 22.6 Å². The van der Waals surface area contributed by atoms with Gasteiger partial charge in [-0.05, 0) is 37.6 Å². The Morgan fingerprint density at radius 1 is 1.62 bits per heavy atom. The SMILES string of the molecule is Cc1cc(NC(C)CC(N)=NO)ccc1Br. The van der Waals surface area contributed by atoms with Crippen LogP contribution >= 0.6 is 15.9 Å². The molecule has 4 nitrogen and oxygen atoms in total. The largest absolute Gasteiger partial charge is 0.409 e. The Hall–Kier alpha value is -1.23. The summed E-state index contributed by atoms with van der Waals surface area (Å²) in [6, 6.07) is 6.15. The van der Waals surface area contributed by atoms with Gasteiger partial charge in [-0.1, -0.05) is 21.1 Å². The molecule has 4 N–H and O–H groups in total. The van der Waals surface area contributed by atoms with E-state index in [4.69, 9.17) is 10.9 Å². The molecule has 0 saturated heterocycles. The van der Waals surface area contributed by atoms with E-state index in [0.717, 1.165) is 10.2 Å². The number of aryl methyl sites for hydroxylation is 1. The zero-order chi connectivity index (χ0) is 12.1. The summed E-state index contributed by atoms with van der Waals surface area (Å²) < 4.78 is 1.09. The van der Waals surface area contributed by atoms with Gasteiger partial charge < -0.3 is 16.3 Å². The van der Waals surface area contributed by atoms with Crippen molar-refractivity contribution in [2.45, 2.75) is 26.3 Å². The Bertz CT molecular complexity index is 393. The highest BCUT2D eigenvalue weighted by Crippen LogP contribution is 2.20. The number of rotatable bonds is 4. The summed E-state index contributed by atoms with van der Waals surface area (Å²) in [7, 11) is 0. The highest BCUT2D eigenvalue weighted by molar-refractivity contribution is 9.10. The second kappa shape index (κ2) is 5.75. The maximum absolute atomic E-state index is 8.46. The third kappa shape index (κ3) is 3.73. The quantitative estimate of drug-likeness (QED) is 0.345. The average Bonchev–Trinajstić information content (AvgIpc) is 2.23. The van der Waals surface area contributed by atoms with Crippen molar-refractivity contribution in [2.24, 2.45) is 10.9 Å². The minimum absolute atomic E-state index is 0.122. The molecule has 1 aromatic rings. The minimum Gasteiger partial charge on any atom is -0.409 e. The van der Waals surface area contributed by atoms with Crippen LogP contribution in [0, 0.1) is 6.92 Å². The topological polar surface area (TPSA) is 70.6 Å². The number of hydrogen-bond donors (Lipinski definition) is 3. The monoisotopic (exact) mass is 285 g/mol. The number of oxime groups is 1. The molecule has 1 aromatic carbocycles. The van der Waals surface area contributed by atoms with Crippen LogP contribution in [0.25, 0.3) is 0 Å². The van der Waals surface area contributed by atoms with E-state index in [1.54, 1.807) is 0 Å². The smallest absolute Gasteiger partial charge is 0.141 e. The first kappa shape index (κ1) is 12.8. The maximum Gasteiger partial charge on any atom is 0.141 e. The minimum atomic E-state index is 0.122. The van der Waals surface area contributed by atoms with E-state index >= 15 is 0 Å². The maximum atomic E-state index is 8.46. The lowest BCUT2D eigenvalue weighted by molar-refractivity contribution is 0.316. The van der Waals surface area contributed by atoms with Crippen LogP contribution in [0.1, 0.15) is 18.9 Å². The number of anilines is 1. The summed E-state index contributed by atoms with van der Waals surface area (Å²) in [6.07, 6.45) is 0.506. The molecule has 1 rings (SSSR count). The molecule has 0 radical (unpaired) electrons. The van der Waals surface area contributed by atoms with Crippen LogP contribution < -0.4 is 11.1 Å². The van der Waals surface area contributed by atoms with Crippen molar-refractivity contribution in [3.8, 4) is 0 Å². The van der Waals surface area contributed by atoms with Crippen LogP contribution in [0.15, 0.2) is 27.8 Å². The molecule has 0 amide bonds. The van der Waals surface area contributed by atoms with Crippen LogP contribution in [0.5, 0.6) is 0 Å². The lowest BCUT2D eigenvalue weighted by Crippen LogP contribution is -2.24. The standard InChI is InChI=1S/C11H16BrN3O/c1-7-5-9(3-4-10(7)12)14-8(2)6-11(13)15-16/h3-5,8,14,16H,6H2,1-2H3,(H2,13,15). The van der Waals surface area contributed by atoms with Crippen LogP contribution in [0.2, 0.25) is 0 Å². The van der Waals surface area contributed by atoms with E-state index in [2.05, 4.69) is 26.4 Å². The van der Waals surface area contributed by atoms with Crippen molar-refractivity contribution < 1.29 is 5.21 Å². The van der Waals surface area contributed by atoms with Gasteiger partial charge >= 0.3 is 0 Å². The fraction of sp³-hybridized carbons (Fsp3) is 0.364. The average molecular weight is 286 g/mol. The molecule has 0 spiro atoms. The van der Waals surface area contributed by atoms with Gasteiger partial charge in [-0.3, -0.25) is 0 Å². The molecule has 0 fully saturated rings. The van der Waals surface area contributed by atoms with Crippen molar-refractivity contribution in [3.63, 3.8) is 0 Å². The summed E-state index contributed by atoms with van der Waals surface area (Å²) >= 11 is 3.45. The highest BCUT2D eigenvalue weighted by atomic mass is 79.9. The molecule has 16 heavy (non-hydrogen) atoms. The van der Waals surface area contributed by atoms with E-state index < -0.39 is 0 Å². The molecule has 1 atom stereocenters. The second-order valence-corrected chi connectivity index (χ2v) is 4.66. The summed E-state index contributed by atoms with van der Waals surface area (Å²) in [6.45, 7) is 4.01. The van der Waals surface area contributed by atoms with Crippen molar-refractivity contribution >= 4 is 27.5 Å². The van der Waals surface area contributed by atoms with Gasteiger partial charge in [0.1, 0.15) is 5.84 Å². The molecule has 0 aliphatic rings. The van der Waals surface area contributed by atoms with Gasteiger partial charge in [-0.25, -0.2) is 0 Å². The van der Waals surface area contributed by atoms with Crippen LogP contribution in [0.4, 0.5) is 5.69 Å². The number of halogens is 1. The van der Waals surface area contributed by atoms with Crippen LogP contribution in [-0.2, 0) is 0 Å². The van der Waals surface area contributed by atoms with Gasteiger partial charge in [0.05, 0.1) is 0 Å². The molecule has 88 valence electrons. The van der Waals surface area contributed by atoms with Gasteiger partial charge in [0.25, 0.3) is 0 Å². The van der Waals surface area contributed by atoms with Crippen molar-refractivity contribution in [2.75, 3.05) is 5.32 Å². The first-order valence-corrected chi connectivity index (χ1v) is 5.81. The van der Waals surface area contributed by atoms with E-state index in [1.165, 1.54) is 5.56 Å². The van der Waals surface area contributed by atoms with E-state index in [0.29, 0.717) is 6.42 Å². The molecule has 0 aliphatic carbocycles.